The fourth-order valence-electron chi connectivity index (χ4n) is 2.13. The van der Waals surface area contributed by atoms with Gasteiger partial charge in [-0.2, -0.15) is 0 Å². The number of benzene rings is 1. The summed E-state index contributed by atoms with van der Waals surface area (Å²) >= 11 is 5.91. The first kappa shape index (κ1) is 12.1. The van der Waals surface area contributed by atoms with E-state index in [-0.39, 0.29) is 11.7 Å². The van der Waals surface area contributed by atoms with Crippen molar-refractivity contribution in [2.75, 3.05) is 0 Å². The van der Waals surface area contributed by atoms with Gasteiger partial charge in [0, 0.05) is 6.20 Å². The Kier molecular flexibility index (Phi) is 2.95. The van der Waals surface area contributed by atoms with Crippen molar-refractivity contribution < 1.29 is 4.39 Å². The first-order valence-electron chi connectivity index (χ1n) is 5.84. The first-order chi connectivity index (χ1) is 9.20. The van der Waals surface area contributed by atoms with Crippen LogP contribution in [0.25, 0.3) is 16.7 Å². The van der Waals surface area contributed by atoms with E-state index < -0.39 is 0 Å². The van der Waals surface area contributed by atoms with Crippen molar-refractivity contribution in [1.29, 1.82) is 0 Å². The Morgan fingerprint density at radius 2 is 2.16 bits per heavy atom. The molecule has 0 aliphatic heterocycles. The highest BCUT2D eigenvalue weighted by Crippen LogP contribution is 2.24. The second kappa shape index (κ2) is 4.63. The number of hydrogen-bond acceptors (Lipinski definition) is 2. The molecule has 3 nitrogen and oxygen atoms in total. The van der Waals surface area contributed by atoms with Crippen LogP contribution in [-0.2, 0) is 5.88 Å². The van der Waals surface area contributed by atoms with E-state index in [2.05, 4.69) is 9.97 Å². The Hall–Kier alpha value is -1.94. The number of aromatic nitrogens is 3. The molecular formula is C14H11ClFN3. The Morgan fingerprint density at radius 3 is 2.89 bits per heavy atom. The zero-order chi connectivity index (χ0) is 13.4. The van der Waals surface area contributed by atoms with Gasteiger partial charge in [-0.25, -0.2) is 9.37 Å². The van der Waals surface area contributed by atoms with Gasteiger partial charge < -0.3 is 0 Å². The van der Waals surface area contributed by atoms with E-state index >= 15 is 0 Å². The molecule has 0 unspecified atom stereocenters. The fourth-order valence-corrected chi connectivity index (χ4v) is 2.31. The maximum atomic E-state index is 14.2. The van der Waals surface area contributed by atoms with Crippen molar-refractivity contribution in [2.45, 2.75) is 12.8 Å². The summed E-state index contributed by atoms with van der Waals surface area (Å²) < 4.78 is 15.9. The van der Waals surface area contributed by atoms with Crippen LogP contribution in [0, 0.1) is 12.7 Å². The molecule has 3 rings (SSSR count). The summed E-state index contributed by atoms with van der Waals surface area (Å²) in [6.07, 6.45) is 3.30. The van der Waals surface area contributed by atoms with Gasteiger partial charge in [-0.15, -0.1) is 11.6 Å². The molecule has 0 radical (unpaired) electrons. The number of alkyl halides is 1. The minimum Gasteiger partial charge on any atom is -0.292 e. The number of rotatable bonds is 2. The Labute approximate surface area is 114 Å². The summed E-state index contributed by atoms with van der Waals surface area (Å²) in [6, 6.07) is 6.91. The number of aryl methyl sites for hydroxylation is 1. The van der Waals surface area contributed by atoms with Crippen LogP contribution in [0.3, 0.4) is 0 Å². The molecular weight excluding hydrogens is 265 g/mol. The molecule has 0 saturated carbocycles. The number of hydrogen-bond donors (Lipinski definition) is 0. The number of nitrogens with zero attached hydrogens (tertiary/aromatic N) is 3. The third-order valence-corrected chi connectivity index (χ3v) is 3.23. The molecule has 2 heterocycles. The summed E-state index contributed by atoms with van der Waals surface area (Å²) in [5.41, 5.74) is 2.83. The smallest absolute Gasteiger partial charge is 0.147 e. The van der Waals surface area contributed by atoms with Crippen molar-refractivity contribution in [3.05, 3.63) is 53.9 Å². The molecule has 0 aliphatic rings. The predicted octanol–water partition coefficient (Wildman–Crippen LogP) is 3.61. The van der Waals surface area contributed by atoms with E-state index in [4.69, 9.17) is 11.6 Å². The Bertz CT molecular complexity index is 752. The van der Waals surface area contributed by atoms with Crippen molar-refractivity contribution in [3.63, 3.8) is 0 Å². The highest BCUT2D eigenvalue weighted by Gasteiger charge is 2.14. The zero-order valence-electron chi connectivity index (χ0n) is 10.3. The number of imidazole rings is 1. The second-order valence-electron chi connectivity index (χ2n) is 4.32. The Balaban J connectivity index is 2.34. The summed E-state index contributed by atoms with van der Waals surface area (Å²) in [5, 5.41) is 0. The van der Waals surface area contributed by atoms with Gasteiger partial charge in [0.15, 0.2) is 0 Å². The second-order valence-corrected chi connectivity index (χ2v) is 4.58. The van der Waals surface area contributed by atoms with Crippen LogP contribution in [0.15, 0.2) is 36.7 Å². The Morgan fingerprint density at radius 1 is 1.32 bits per heavy atom. The van der Waals surface area contributed by atoms with E-state index in [0.29, 0.717) is 17.0 Å². The van der Waals surface area contributed by atoms with Crippen molar-refractivity contribution in [3.8, 4) is 5.69 Å². The van der Waals surface area contributed by atoms with Gasteiger partial charge in [-0.1, -0.05) is 6.07 Å². The maximum Gasteiger partial charge on any atom is 0.147 e. The fraction of sp³-hybridized carbons (Fsp3) is 0.143. The lowest BCUT2D eigenvalue weighted by Gasteiger charge is -2.09. The van der Waals surface area contributed by atoms with Crippen LogP contribution in [0.5, 0.6) is 0 Å². The molecule has 0 atom stereocenters. The molecule has 1 aromatic carbocycles. The third-order valence-electron chi connectivity index (χ3n) is 2.99. The molecule has 0 spiro atoms. The SMILES string of the molecule is Cc1ccc(-n2c(CCl)nc3cnccc32)c(F)c1. The predicted molar refractivity (Wildman–Crippen MR) is 73.1 cm³/mol. The molecule has 5 heteroatoms. The molecule has 2 aromatic heterocycles. The molecule has 0 N–H and O–H groups in total. The lowest BCUT2D eigenvalue weighted by Crippen LogP contribution is -2.02. The van der Waals surface area contributed by atoms with Gasteiger partial charge in [-0.3, -0.25) is 9.55 Å². The largest absolute Gasteiger partial charge is 0.292 e. The minimum atomic E-state index is -0.289. The molecule has 96 valence electrons. The van der Waals surface area contributed by atoms with Gasteiger partial charge in [0.2, 0.25) is 0 Å². The number of halogens is 2. The molecule has 0 fully saturated rings. The van der Waals surface area contributed by atoms with E-state index in [9.17, 15) is 4.39 Å². The topological polar surface area (TPSA) is 30.7 Å². The number of fused-ring (bicyclic) bond motifs is 1. The molecule has 0 bridgehead atoms. The molecule has 3 aromatic rings. The molecule has 0 amide bonds. The normalized spacial score (nSPS) is 11.1. The number of pyridine rings is 1. The van der Waals surface area contributed by atoms with Crippen LogP contribution in [0.1, 0.15) is 11.4 Å². The van der Waals surface area contributed by atoms with Gasteiger partial charge in [0.25, 0.3) is 0 Å². The van der Waals surface area contributed by atoms with Gasteiger partial charge in [0.1, 0.15) is 17.2 Å². The van der Waals surface area contributed by atoms with E-state index in [1.54, 1.807) is 29.1 Å². The van der Waals surface area contributed by atoms with Crippen molar-refractivity contribution in [1.82, 2.24) is 14.5 Å². The average molecular weight is 276 g/mol. The molecule has 0 saturated heterocycles. The van der Waals surface area contributed by atoms with Crippen LogP contribution < -0.4 is 0 Å². The maximum absolute atomic E-state index is 14.2. The van der Waals surface area contributed by atoms with Crippen molar-refractivity contribution in [2.24, 2.45) is 0 Å². The highest BCUT2D eigenvalue weighted by molar-refractivity contribution is 6.17. The molecule has 0 aliphatic carbocycles. The van der Waals surface area contributed by atoms with E-state index in [1.807, 2.05) is 13.0 Å². The van der Waals surface area contributed by atoms with Crippen LogP contribution >= 0.6 is 11.6 Å². The van der Waals surface area contributed by atoms with E-state index in [0.717, 1.165) is 11.1 Å². The van der Waals surface area contributed by atoms with E-state index in [1.165, 1.54) is 6.07 Å². The summed E-state index contributed by atoms with van der Waals surface area (Å²) in [6.45, 7) is 1.85. The van der Waals surface area contributed by atoms with Crippen LogP contribution in [0.2, 0.25) is 0 Å². The third kappa shape index (κ3) is 1.98. The molecule has 19 heavy (non-hydrogen) atoms. The highest BCUT2D eigenvalue weighted by atomic mass is 35.5. The summed E-state index contributed by atoms with van der Waals surface area (Å²) in [4.78, 5) is 8.39. The quantitative estimate of drug-likeness (QED) is 0.669. The zero-order valence-corrected chi connectivity index (χ0v) is 11.0. The minimum absolute atomic E-state index is 0.210. The lowest BCUT2D eigenvalue weighted by molar-refractivity contribution is 0.616. The first-order valence-corrected chi connectivity index (χ1v) is 6.38. The van der Waals surface area contributed by atoms with Gasteiger partial charge in [-0.05, 0) is 30.7 Å². The lowest BCUT2D eigenvalue weighted by atomic mass is 10.2. The van der Waals surface area contributed by atoms with Gasteiger partial charge >= 0.3 is 0 Å². The van der Waals surface area contributed by atoms with Crippen LogP contribution in [-0.4, -0.2) is 14.5 Å². The van der Waals surface area contributed by atoms with Crippen LogP contribution in [0.4, 0.5) is 4.39 Å². The van der Waals surface area contributed by atoms with Gasteiger partial charge in [0.05, 0.1) is 23.3 Å². The summed E-state index contributed by atoms with van der Waals surface area (Å²) in [7, 11) is 0. The monoisotopic (exact) mass is 275 g/mol. The summed E-state index contributed by atoms with van der Waals surface area (Å²) in [5.74, 6) is 0.525. The van der Waals surface area contributed by atoms with Crippen molar-refractivity contribution >= 4 is 22.6 Å². The standard InChI is InChI=1S/C14H11ClFN3/c1-9-2-3-12(10(16)6-9)19-13-4-5-17-8-11(13)18-14(19)7-15/h2-6,8H,7H2,1H3. The average Bonchev–Trinajstić information content (AvgIpc) is 2.77.